The van der Waals surface area contributed by atoms with E-state index in [0.717, 1.165) is 23.6 Å². The molecule has 21 heavy (non-hydrogen) atoms. The number of fused-ring (bicyclic) bond motifs is 1. The minimum Gasteiger partial charge on any atom is -0.345 e. The summed E-state index contributed by atoms with van der Waals surface area (Å²) in [5, 5.41) is 14.2. The molecule has 0 saturated carbocycles. The lowest BCUT2D eigenvalue weighted by Crippen LogP contribution is -2.36. The number of carbonyl (C=O) groups is 1. The summed E-state index contributed by atoms with van der Waals surface area (Å²) in [5.74, 6) is 1.69. The molecule has 0 saturated heterocycles. The van der Waals surface area contributed by atoms with Gasteiger partial charge in [0, 0.05) is 6.20 Å². The van der Waals surface area contributed by atoms with E-state index < -0.39 is 0 Å². The molecule has 116 valence electrons. The topological polar surface area (TPSA) is 71.3 Å². The minimum atomic E-state index is -0.124. The maximum Gasteiger partial charge on any atom is 0.234 e. The Hall–Kier alpha value is -1.31. The Morgan fingerprint density at radius 2 is 2.24 bits per heavy atom. The number of aromatic nitrogens is 3. The fraction of sp³-hybridized carbons (Fsp3) is 0.462. The van der Waals surface area contributed by atoms with Crippen molar-refractivity contribution < 1.29 is 4.79 Å². The third-order valence-electron chi connectivity index (χ3n) is 2.93. The van der Waals surface area contributed by atoms with Crippen molar-refractivity contribution in [1.82, 2.24) is 25.2 Å². The minimum absolute atomic E-state index is 0. The Morgan fingerprint density at radius 3 is 2.95 bits per heavy atom. The lowest BCUT2D eigenvalue weighted by molar-refractivity contribution is -0.121. The van der Waals surface area contributed by atoms with E-state index in [1.807, 2.05) is 28.8 Å². The molecule has 0 aliphatic carbocycles. The number of pyridine rings is 1. The molecule has 6 nitrogen and oxygen atoms in total. The monoisotopic (exact) mass is 329 g/mol. The van der Waals surface area contributed by atoms with Crippen molar-refractivity contribution in [3.05, 3.63) is 30.2 Å². The molecule has 0 aromatic carbocycles. The summed E-state index contributed by atoms with van der Waals surface area (Å²) in [7, 11) is 1.75. The fourth-order valence-electron chi connectivity index (χ4n) is 2.00. The van der Waals surface area contributed by atoms with Gasteiger partial charge in [0.2, 0.25) is 5.91 Å². The van der Waals surface area contributed by atoms with Crippen LogP contribution in [0.1, 0.15) is 18.3 Å². The first kappa shape index (κ1) is 17.7. The highest BCUT2D eigenvalue weighted by Gasteiger charge is 2.19. The predicted octanol–water partition coefficient (Wildman–Crippen LogP) is 1.28. The number of hydrogen-bond donors (Lipinski definition) is 2. The zero-order chi connectivity index (χ0) is 14.4. The van der Waals surface area contributed by atoms with Crippen molar-refractivity contribution in [3.8, 4) is 0 Å². The van der Waals surface area contributed by atoms with Crippen LogP contribution in [0, 0.1) is 0 Å². The van der Waals surface area contributed by atoms with Gasteiger partial charge in [-0.3, -0.25) is 9.20 Å². The first-order chi connectivity index (χ1) is 9.76. The molecule has 0 spiro atoms. The van der Waals surface area contributed by atoms with E-state index in [9.17, 15) is 4.79 Å². The molecule has 0 fully saturated rings. The van der Waals surface area contributed by atoms with Crippen LogP contribution in [-0.2, 0) is 4.79 Å². The molecule has 2 N–H and O–H groups in total. The zero-order valence-corrected chi connectivity index (χ0v) is 13.7. The van der Waals surface area contributed by atoms with Crippen LogP contribution in [0.3, 0.4) is 0 Å². The summed E-state index contributed by atoms with van der Waals surface area (Å²) >= 11 is 1.75. The van der Waals surface area contributed by atoms with Gasteiger partial charge in [0.15, 0.2) is 11.5 Å². The fourth-order valence-corrected chi connectivity index (χ4v) is 2.48. The molecule has 2 aromatic heterocycles. The van der Waals surface area contributed by atoms with Crippen molar-refractivity contribution >= 4 is 35.7 Å². The van der Waals surface area contributed by atoms with Gasteiger partial charge in [-0.2, -0.15) is 11.8 Å². The number of nitrogens with zero attached hydrogens (tertiary/aromatic N) is 3. The number of thioether (sulfide) groups is 1. The average molecular weight is 330 g/mol. The van der Waals surface area contributed by atoms with Crippen molar-refractivity contribution in [3.63, 3.8) is 0 Å². The lowest BCUT2D eigenvalue weighted by Gasteiger charge is -2.16. The molecule has 2 heterocycles. The Bertz CT molecular complexity index is 576. The van der Waals surface area contributed by atoms with Gasteiger partial charge in [0.05, 0.1) is 12.6 Å². The summed E-state index contributed by atoms with van der Waals surface area (Å²) in [5.41, 5.74) is 0.791. The highest BCUT2D eigenvalue weighted by molar-refractivity contribution is 7.98. The van der Waals surface area contributed by atoms with E-state index in [4.69, 9.17) is 0 Å². The molecule has 1 atom stereocenters. The van der Waals surface area contributed by atoms with Crippen LogP contribution in [0.5, 0.6) is 0 Å². The Kier molecular flexibility index (Phi) is 7.49. The summed E-state index contributed by atoms with van der Waals surface area (Å²) in [4.78, 5) is 11.8. The highest BCUT2D eigenvalue weighted by Crippen LogP contribution is 2.17. The molecule has 2 rings (SSSR count). The van der Waals surface area contributed by atoms with Gasteiger partial charge in [-0.25, -0.2) is 0 Å². The summed E-state index contributed by atoms with van der Waals surface area (Å²) in [6, 6.07) is 5.63. The number of halogens is 1. The number of carbonyl (C=O) groups excluding carboxylic acids is 1. The smallest absolute Gasteiger partial charge is 0.234 e. The van der Waals surface area contributed by atoms with E-state index in [1.165, 1.54) is 0 Å². The second-order valence-corrected chi connectivity index (χ2v) is 5.40. The van der Waals surface area contributed by atoms with Crippen LogP contribution >= 0.6 is 24.2 Å². The van der Waals surface area contributed by atoms with Crippen LogP contribution in [0.2, 0.25) is 0 Å². The zero-order valence-electron chi connectivity index (χ0n) is 12.1. The lowest BCUT2D eigenvalue weighted by atomic mass is 10.2. The summed E-state index contributed by atoms with van der Waals surface area (Å²) in [6.07, 6.45) is 4.79. The quantitative estimate of drug-likeness (QED) is 0.800. The Balaban J connectivity index is 0.00000220. The van der Waals surface area contributed by atoms with Gasteiger partial charge < -0.3 is 10.6 Å². The molecule has 2 aromatic rings. The normalized spacial score (nSPS) is 11.9. The summed E-state index contributed by atoms with van der Waals surface area (Å²) < 4.78 is 1.92. The van der Waals surface area contributed by atoms with Crippen molar-refractivity contribution in [1.29, 1.82) is 0 Å². The van der Waals surface area contributed by atoms with Gasteiger partial charge in [0.25, 0.3) is 0 Å². The molecule has 0 aliphatic rings. The van der Waals surface area contributed by atoms with E-state index >= 15 is 0 Å². The standard InChI is InChI=1S/C13H19N5OS.ClH/c1-14-9-12(19)15-10(6-8-20-2)13-17-16-11-5-3-4-7-18(11)13;/h3-5,7,10,14H,6,8-9H2,1-2H3,(H,15,19);1H. The number of nitrogens with one attached hydrogen (secondary N) is 2. The SMILES string of the molecule is CNCC(=O)NC(CCSC)c1nnc2ccccn12.Cl. The number of likely N-dealkylation sites (N-methyl/N-ethyl adjacent to an activating group) is 1. The maximum absolute atomic E-state index is 11.8. The van der Waals surface area contributed by atoms with Crippen molar-refractivity contribution in [2.45, 2.75) is 12.5 Å². The average Bonchev–Trinajstić information content (AvgIpc) is 2.87. The second kappa shape index (κ2) is 8.86. The molecule has 1 unspecified atom stereocenters. The van der Waals surface area contributed by atoms with Crippen molar-refractivity contribution in [2.75, 3.05) is 25.6 Å². The van der Waals surface area contributed by atoms with E-state index in [-0.39, 0.29) is 24.4 Å². The largest absolute Gasteiger partial charge is 0.345 e. The predicted molar refractivity (Wildman–Crippen MR) is 88.0 cm³/mol. The number of amides is 1. The molecule has 0 radical (unpaired) electrons. The van der Waals surface area contributed by atoms with Crippen LogP contribution < -0.4 is 10.6 Å². The first-order valence-electron chi connectivity index (χ1n) is 6.49. The van der Waals surface area contributed by atoms with Crippen LogP contribution in [0.4, 0.5) is 0 Å². The summed E-state index contributed by atoms with van der Waals surface area (Å²) in [6.45, 7) is 0.298. The molecule has 0 aliphatic heterocycles. The van der Waals surface area contributed by atoms with Gasteiger partial charge in [-0.15, -0.1) is 22.6 Å². The van der Waals surface area contributed by atoms with E-state index in [0.29, 0.717) is 6.54 Å². The van der Waals surface area contributed by atoms with Gasteiger partial charge in [-0.05, 0) is 37.6 Å². The van der Waals surface area contributed by atoms with Crippen LogP contribution in [-0.4, -0.2) is 46.1 Å². The van der Waals surface area contributed by atoms with Gasteiger partial charge in [0.1, 0.15) is 0 Å². The Morgan fingerprint density at radius 1 is 1.43 bits per heavy atom. The van der Waals surface area contributed by atoms with E-state index in [1.54, 1.807) is 18.8 Å². The molecule has 1 amide bonds. The Labute approximate surface area is 134 Å². The molecular formula is C13H20ClN5OS. The van der Waals surface area contributed by atoms with E-state index in [2.05, 4.69) is 27.1 Å². The van der Waals surface area contributed by atoms with Gasteiger partial charge in [-0.1, -0.05) is 6.07 Å². The molecule has 8 heteroatoms. The third-order valence-corrected chi connectivity index (χ3v) is 3.58. The third kappa shape index (κ3) is 4.59. The molecule has 0 bridgehead atoms. The second-order valence-electron chi connectivity index (χ2n) is 4.42. The van der Waals surface area contributed by atoms with Crippen LogP contribution in [0.25, 0.3) is 5.65 Å². The van der Waals surface area contributed by atoms with Crippen LogP contribution in [0.15, 0.2) is 24.4 Å². The number of rotatable bonds is 7. The first-order valence-corrected chi connectivity index (χ1v) is 7.88. The van der Waals surface area contributed by atoms with Crippen molar-refractivity contribution in [2.24, 2.45) is 0 Å². The highest BCUT2D eigenvalue weighted by atomic mass is 35.5. The van der Waals surface area contributed by atoms with Gasteiger partial charge >= 0.3 is 0 Å². The number of hydrogen-bond acceptors (Lipinski definition) is 5. The molecular weight excluding hydrogens is 310 g/mol. The maximum atomic E-state index is 11.8.